The van der Waals surface area contributed by atoms with Crippen LogP contribution in [-0.2, 0) is 6.42 Å². The first kappa shape index (κ1) is 15.0. The number of aromatic nitrogens is 4. The lowest BCUT2D eigenvalue weighted by molar-refractivity contribution is 0.0949. The fraction of sp³-hybridized carbons (Fsp3) is 0.429. The Morgan fingerprint density at radius 3 is 2.81 bits per heavy atom. The number of H-pyrrole nitrogens is 1. The summed E-state index contributed by atoms with van der Waals surface area (Å²) < 4.78 is 0. The molecule has 2 aromatic rings. The molecule has 0 aliphatic rings. The van der Waals surface area contributed by atoms with E-state index in [0.29, 0.717) is 30.2 Å². The Morgan fingerprint density at radius 2 is 2.19 bits per heavy atom. The minimum atomic E-state index is -0.205. The average molecular weight is 288 g/mol. The van der Waals surface area contributed by atoms with Gasteiger partial charge >= 0.3 is 0 Å². The van der Waals surface area contributed by atoms with Crippen LogP contribution in [0.1, 0.15) is 41.8 Å². The predicted molar refractivity (Wildman–Crippen MR) is 80.3 cm³/mol. The zero-order valence-electron chi connectivity index (χ0n) is 12.5. The van der Waals surface area contributed by atoms with Gasteiger partial charge in [0.15, 0.2) is 5.69 Å². The molecule has 0 saturated carbocycles. The van der Waals surface area contributed by atoms with Crippen molar-refractivity contribution < 1.29 is 4.79 Å². The van der Waals surface area contributed by atoms with E-state index in [9.17, 15) is 4.79 Å². The Hall–Kier alpha value is -2.44. The van der Waals surface area contributed by atoms with Gasteiger partial charge in [0, 0.05) is 37.8 Å². The topological polar surface area (TPSA) is 95.6 Å². The summed E-state index contributed by atoms with van der Waals surface area (Å²) in [5, 5.41) is 5.81. The molecule has 7 heteroatoms. The van der Waals surface area contributed by atoms with Gasteiger partial charge in [0.1, 0.15) is 5.82 Å². The number of nitrogens with one attached hydrogen (secondary N) is 3. The largest absolute Gasteiger partial charge is 0.385 e. The third kappa shape index (κ3) is 3.77. The smallest absolute Gasteiger partial charge is 0.272 e. The normalized spacial score (nSPS) is 10.7. The van der Waals surface area contributed by atoms with Gasteiger partial charge in [0.25, 0.3) is 5.91 Å². The van der Waals surface area contributed by atoms with Crippen molar-refractivity contribution in [3.8, 4) is 0 Å². The summed E-state index contributed by atoms with van der Waals surface area (Å²) in [7, 11) is 1.75. The second-order valence-corrected chi connectivity index (χ2v) is 4.98. The van der Waals surface area contributed by atoms with Gasteiger partial charge in [-0.25, -0.2) is 15.0 Å². The summed E-state index contributed by atoms with van der Waals surface area (Å²) in [6.07, 6.45) is 5.71. The maximum absolute atomic E-state index is 12.3. The molecule has 2 aromatic heterocycles. The molecule has 0 aliphatic heterocycles. The van der Waals surface area contributed by atoms with Gasteiger partial charge in [-0.05, 0) is 0 Å². The lowest BCUT2D eigenvalue weighted by atomic mass is 10.2. The van der Waals surface area contributed by atoms with E-state index in [1.807, 2.05) is 13.8 Å². The zero-order valence-corrected chi connectivity index (χ0v) is 12.5. The number of aromatic amines is 1. The third-order valence-electron chi connectivity index (χ3n) is 3.04. The van der Waals surface area contributed by atoms with Gasteiger partial charge in [0.05, 0.1) is 18.2 Å². The summed E-state index contributed by atoms with van der Waals surface area (Å²) in [6, 6.07) is 0. The Morgan fingerprint density at radius 1 is 1.38 bits per heavy atom. The summed E-state index contributed by atoms with van der Waals surface area (Å²) in [6.45, 7) is 4.51. The lowest BCUT2D eigenvalue weighted by Crippen LogP contribution is -2.28. The first-order chi connectivity index (χ1) is 10.1. The molecule has 2 rings (SSSR count). The van der Waals surface area contributed by atoms with Gasteiger partial charge in [0.2, 0.25) is 0 Å². The van der Waals surface area contributed by atoms with Crippen molar-refractivity contribution in [3.05, 3.63) is 35.9 Å². The van der Waals surface area contributed by atoms with E-state index >= 15 is 0 Å². The van der Waals surface area contributed by atoms with Gasteiger partial charge in [-0.1, -0.05) is 13.8 Å². The summed E-state index contributed by atoms with van der Waals surface area (Å²) in [4.78, 5) is 27.8. The molecule has 0 unspecified atom stereocenters. The van der Waals surface area contributed by atoms with Crippen LogP contribution in [0, 0.1) is 0 Å². The van der Waals surface area contributed by atoms with Crippen LogP contribution in [0.5, 0.6) is 0 Å². The van der Waals surface area contributed by atoms with Crippen LogP contribution in [0.2, 0.25) is 0 Å². The maximum atomic E-state index is 12.3. The summed E-state index contributed by atoms with van der Waals surface area (Å²) >= 11 is 0. The minimum Gasteiger partial charge on any atom is -0.385 e. The molecule has 0 aliphatic carbocycles. The van der Waals surface area contributed by atoms with E-state index in [1.165, 1.54) is 0 Å². The van der Waals surface area contributed by atoms with E-state index in [2.05, 4.69) is 30.6 Å². The van der Waals surface area contributed by atoms with Crippen molar-refractivity contribution in [3.63, 3.8) is 0 Å². The second-order valence-electron chi connectivity index (χ2n) is 4.98. The third-order valence-corrected chi connectivity index (χ3v) is 3.04. The number of hydrogen-bond donors (Lipinski definition) is 3. The zero-order chi connectivity index (χ0) is 15.2. The fourth-order valence-electron chi connectivity index (χ4n) is 1.85. The van der Waals surface area contributed by atoms with E-state index in [1.54, 1.807) is 25.8 Å². The minimum absolute atomic E-state index is 0.174. The standard InChI is InChI=1S/C14H20N6O/c1-9(2)13-18-7-11(15-3)12(20-13)14(21)17-5-4-10-6-16-8-19-10/h6-9,15H,4-5H2,1-3H3,(H,16,19)(H,17,21). The highest BCUT2D eigenvalue weighted by atomic mass is 16.1. The predicted octanol–water partition coefficient (Wildman–Crippen LogP) is 1.34. The Bertz CT molecular complexity index is 594. The molecule has 0 fully saturated rings. The van der Waals surface area contributed by atoms with Crippen LogP contribution in [0.15, 0.2) is 18.7 Å². The molecule has 21 heavy (non-hydrogen) atoms. The Balaban J connectivity index is 2.04. The number of rotatable bonds is 6. The molecule has 0 saturated heterocycles. The highest BCUT2D eigenvalue weighted by Crippen LogP contribution is 2.15. The van der Waals surface area contributed by atoms with Crippen LogP contribution in [0.25, 0.3) is 0 Å². The molecule has 0 atom stereocenters. The molecule has 1 amide bonds. The van der Waals surface area contributed by atoms with Crippen molar-refractivity contribution >= 4 is 11.6 Å². The molecular formula is C14H20N6O. The number of anilines is 1. The SMILES string of the molecule is CNc1cnc(C(C)C)nc1C(=O)NCCc1cnc[nH]1. The number of carbonyl (C=O) groups excluding carboxylic acids is 1. The summed E-state index contributed by atoms with van der Waals surface area (Å²) in [5.74, 6) is 0.628. The number of hydrogen-bond acceptors (Lipinski definition) is 5. The Labute approximate surface area is 123 Å². The first-order valence-corrected chi connectivity index (χ1v) is 6.92. The molecule has 0 bridgehead atoms. The molecular weight excluding hydrogens is 268 g/mol. The lowest BCUT2D eigenvalue weighted by Gasteiger charge is -2.11. The van der Waals surface area contributed by atoms with Crippen LogP contribution in [-0.4, -0.2) is 39.4 Å². The van der Waals surface area contributed by atoms with Gasteiger partial charge < -0.3 is 15.6 Å². The molecule has 0 spiro atoms. The monoisotopic (exact) mass is 288 g/mol. The average Bonchev–Trinajstić information content (AvgIpc) is 2.99. The fourth-order valence-corrected chi connectivity index (χ4v) is 1.85. The molecule has 0 radical (unpaired) electrons. The van der Waals surface area contributed by atoms with Gasteiger partial charge in [-0.3, -0.25) is 4.79 Å². The van der Waals surface area contributed by atoms with Crippen LogP contribution >= 0.6 is 0 Å². The first-order valence-electron chi connectivity index (χ1n) is 6.92. The highest BCUT2D eigenvalue weighted by molar-refractivity contribution is 5.97. The number of carbonyl (C=O) groups is 1. The van der Waals surface area contributed by atoms with Crippen LogP contribution in [0.3, 0.4) is 0 Å². The van der Waals surface area contributed by atoms with Crippen LogP contribution < -0.4 is 10.6 Å². The molecule has 112 valence electrons. The number of imidazole rings is 1. The van der Waals surface area contributed by atoms with Crippen molar-refractivity contribution in [2.45, 2.75) is 26.2 Å². The quantitative estimate of drug-likeness (QED) is 0.745. The van der Waals surface area contributed by atoms with Gasteiger partial charge in [-0.15, -0.1) is 0 Å². The number of nitrogens with zero attached hydrogens (tertiary/aromatic N) is 3. The van der Waals surface area contributed by atoms with E-state index in [0.717, 1.165) is 5.69 Å². The maximum Gasteiger partial charge on any atom is 0.272 e. The van der Waals surface area contributed by atoms with Crippen molar-refractivity contribution in [1.82, 2.24) is 25.3 Å². The van der Waals surface area contributed by atoms with E-state index in [-0.39, 0.29) is 11.8 Å². The second kappa shape index (κ2) is 6.83. The molecule has 0 aromatic carbocycles. The van der Waals surface area contributed by atoms with Crippen molar-refractivity contribution in [2.75, 3.05) is 18.9 Å². The highest BCUT2D eigenvalue weighted by Gasteiger charge is 2.15. The molecule has 2 heterocycles. The van der Waals surface area contributed by atoms with E-state index in [4.69, 9.17) is 0 Å². The van der Waals surface area contributed by atoms with Gasteiger partial charge in [-0.2, -0.15) is 0 Å². The molecule has 7 nitrogen and oxygen atoms in total. The summed E-state index contributed by atoms with van der Waals surface area (Å²) in [5.41, 5.74) is 1.98. The van der Waals surface area contributed by atoms with Crippen molar-refractivity contribution in [2.24, 2.45) is 0 Å². The van der Waals surface area contributed by atoms with Crippen LogP contribution in [0.4, 0.5) is 5.69 Å². The van der Waals surface area contributed by atoms with E-state index < -0.39 is 0 Å². The van der Waals surface area contributed by atoms with Crippen molar-refractivity contribution in [1.29, 1.82) is 0 Å². The Kier molecular flexibility index (Phi) is 4.86. The molecule has 3 N–H and O–H groups in total. The number of amides is 1.